The molecule has 6 nitrogen and oxygen atoms in total. The number of para-hydroxylation sites is 1. The Morgan fingerprint density at radius 3 is 2.37 bits per heavy atom. The van der Waals surface area contributed by atoms with Crippen molar-refractivity contribution in [3.8, 4) is 11.5 Å². The number of nitrogens with one attached hydrogen (secondary N) is 2. The number of rotatable bonds is 7. The molecule has 0 spiro atoms. The lowest BCUT2D eigenvalue weighted by molar-refractivity contribution is 0.0959. The summed E-state index contributed by atoms with van der Waals surface area (Å²) >= 11 is 1.09. The number of sulfonamides is 1. The third-order valence-corrected chi connectivity index (χ3v) is 5.97. The standard InChI is InChI=1S/C19H18N2O4S2/c1-2-20-19(22)18-12-17(13-26-18)27(23,24)21-14-8-10-16(11-9-14)25-15-6-4-3-5-7-15/h3-13,21H,2H2,1H3,(H,20,22). The monoisotopic (exact) mass is 402 g/mol. The van der Waals surface area contributed by atoms with E-state index in [1.807, 2.05) is 30.3 Å². The van der Waals surface area contributed by atoms with Crippen molar-refractivity contribution in [2.75, 3.05) is 11.3 Å². The molecule has 0 atom stereocenters. The van der Waals surface area contributed by atoms with Crippen molar-refractivity contribution < 1.29 is 17.9 Å². The Bertz CT molecular complexity index is 1010. The van der Waals surface area contributed by atoms with Crippen molar-refractivity contribution in [3.63, 3.8) is 0 Å². The van der Waals surface area contributed by atoms with Crippen LogP contribution < -0.4 is 14.8 Å². The van der Waals surface area contributed by atoms with E-state index >= 15 is 0 Å². The summed E-state index contributed by atoms with van der Waals surface area (Å²) in [5.74, 6) is 1.01. The fraction of sp³-hybridized carbons (Fsp3) is 0.105. The molecule has 1 aromatic heterocycles. The first-order valence-corrected chi connectivity index (χ1v) is 10.6. The Labute approximate surface area is 161 Å². The van der Waals surface area contributed by atoms with Crippen LogP contribution in [-0.2, 0) is 10.0 Å². The highest BCUT2D eigenvalue weighted by atomic mass is 32.2. The van der Waals surface area contributed by atoms with E-state index < -0.39 is 10.0 Å². The molecule has 0 radical (unpaired) electrons. The fourth-order valence-electron chi connectivity index (χ4n) is 2.26. The van der Waals surface area contributed by atoms with E-state index in [-0.39, 0.29) is 10.8 Å². The van der Waals surface area contributed by atoms with Crippen LogP contribution >= 0.6 is 11.3 Å². The Morgan fingerprint density at radius 1 is 1.04 bits per heavy atom. The van der Waals surface area contributed by atoms with Gasteiger partial charge in [0.2, 0.25) is 0 Å². The summed E-state index contributed by atoms with van der Waals surface area (Å²) < 4.78 is 33.2. The number of ether oxygens (including phenoxy) is 1. The SMILES string of the molecule is CCNC(=O)c1cc(S(=O)(=O)Nc2ccc(Oc3ccccc3)cc2)cs1. The molecule has 0 aliphatic rings. The maximum absolute atomic E-state index is 12.5. The number of hydrogen-bond acceptors (Lipinski definition) is 5. The minimum absolute atomic E-state index is 0.0540. The minimum Gasteiger partial charge on any atom is -0.457 e. The molecule has 140 valence electrons. The topological polar surface area (TPSA) is 84.5 Å². The highest BCUT2D eigenvalue weighted by Crippen LogP contribution is 2.25. The van der Waals surface area contributed by atoms with Gasteiger partial charge in [0.25, 0.3) is 15.9 Å². The molecule has 3 aromatic rings. The average Bonchev–Trinajstić information content (AvgIpc) is 3.16. The van der Waals surface area contributed by atoms with E-state index in [0.717, 1.165) is 11.3 Å². The zero-order chi connectivity index (χ0) is 19.3. The van der Waals surface area contributed by atoms with Crippen molar-refractivity contribution in [1.82, 2.24) is 5.32 Å². The van der Waals surface area contributed by atoms with Crippen LogP contribution in [0.15, 0.2) is 70.9 Å². The maximum Gasteiger partial charge on any atom is 0.262 e. The van der Waals surface area contributed by atoms with E-state index in [9.17, 15) is 13.2 Å². The number of benzene rings is 2. The molecule has 0 aliphatic heterocycles. The van der Waals surface area contributed by atoms with Crippen molar-refractivity contribution in [2.24, 2.45) is 0 Å². The zero-order valence-electron chi connectivity index (χ0n) is 14.5. The molecule has 1 heterocycles. The van der Waals surface area contributed by atoms with Crippen LogP contribution in [0.3, 0.4) is 0 Å². The number of carbonyl (C=O) groups is 1. The summed E-state index contributed by atoms with van der Waals surface area (Å²) in [4.78, 5) is 12.2. The summed E-state index contributed by atoms with van der Waals surface area (Å²) in [6.45, 7) is 2.28. The predicted molar refractivity (Wildman–Crippen MR) is 106 cm³/mol. The first-order valence-electron chi connectivity index (χ1n) is 8.20. The molecule has 0 unspecified atom stereocenters. The van der Waals surface area contributed by atoms with Gasteiger partial charge in [-0.2, -0.15) is 0 Å². The van der Waals surface area contributed by atoms with Gasteiger partial charge in [-0.1, -0.05) is 18.2 Å². The molecule has 0 saturated carbocycles. The molecule has 2 N–H and O–H groups in total. The molecule has 1 amide bonds. The molecular formula is C19H18N2O4S2. The van der Waals surface area contributed by atoms with Gasteiger partial charge in [-0.15, -0.1) is 11.3 Å². The van der Waals surface area contributed by atoms with E-state index in [2.05, 4.69) is 10.0 Å². The summed E-state index contributed by atoms with van der Waals surface area (Å²) in [6, 6.07) is 17.3. The van der Waals surface area contributed by atoms with Crippen LogP contribution in [0.4, 0.5) is 5.69 Å². The van der Waals surface area contributed by atoms with Crippen LogP contribution in [0.2, 0.25) is 0 Å². The first-order chi connectivity index (χ1) is 13.0. The molecule has 0 bridgehead atoms. The van der Waals surface area contributed by atoms with Crippen molar-refractivity contribution in [2.45, 2.75) is 11.8 Å². The molecule has 0 aliphatic carbocycles. The first kappa shape index (κ1) is 18.9. The lowest BCUT2D eigenvalue weighted by Crippen LogP contribution is -2.21. The second-order valence-electron chi connectivity index (χ2n) is 5.55. The number of hydrogen-bond donors (Lipinski definition) is 2. The Morgan fingerprint density at radius 2 is 1.70 bits per heavy atom. The van der Waals surface area contributed by atoms with Gasteiger partial charge in [-0.05, 0) is 49.4 Å². The van der Waals surface area contributed by atoms with E-state index in [1.165, 1.54) is 11.4 Å². The van der Waals surface area contributed by atoms with Crippen LogP contribution in [0.5, 0.6) is 11.5 Å². The van der Waals surface area contributed by atoms with Crippen LogP contribution in [-0.4, -0.2) is 20.9 Å². The Hall–Kier alpha value is -2.84. The Balaban J connectivity index is 1.69. The van der Waals surface area contributed by atoms with Gasteiger partial charge in [0.05, 0.1) is 9.77 Å². The zero-order valence-corrected chi connectivity index (χ0v) is 16.1. The smallest absolute Gasteiger partial charge is 0.262 e. The Kier molecular flexibility index (Phi) is 5.78. The highest BCUT2D eigenvalue weighted by molar-refractivity contribution is 7.92. The molecule has 2 aromatic carbocycles. The molecule has 8 heteroatoms. The summed E-state index contributed by atoms with van der Waals surface area (Å²) in [6.07, 6.45) is 0. The van der Waals surface area contributed by atoms with Gasteiger partial charge in [-0.3, -0.25) is 9.52 Å². The normalized spacial score (nSPS) is 11.0. The number of anilines is 1. The lowest BCUT2D eigenvalue weighted by atomic mass is 10.3. The molecule has 0 fully saturated rings. The van der Waals surface area contributed by atoms with Crippen LogP contribution in [0.1, 0.15) is 16.6 Å². The number of carbonyl (C=O) groups excluding carboxylic acids is 1. The van der Waals surface area contributed by atoms with E-state index in [1.54, 1.807) is 31.2 Å². The van der Waals surface area contributed by atoms with Gasteiger partial charge in [-0.25, -0.2) is 8.42 Å². The van der Waals surface area contributed by atoms with Gasteiger partial charge >= 0.3 is 0 Å². The fourth-order valence-corrected chi connectivity index (χ4v) is 4.50. The van der Waals surface area contributed by atoms with Crippen LogP contribution in [0, 0.1) is 0 Å². The van der Waals surface area contributed by atoms with Gasteiger partial charge in [0.1, 0.15) is 11.5 Å². The molecule has 27 heavy (non-hydrogen) atoms. The summed E-state index contributed by atoms with van der Waals surface area (Å²) in [5, 5.41) is 4.09. The molecule has 3 rings (SSSR count). The predicted octanol–water partition coefficient (Wildman–Crippen LogP) is 4.09. The number of thiophene rings is 1. The minimum atomic E-state index is -3.77. The second kappa shape index (κ2) is 8.24. The summed E-state index contributed by atoms with van der Waals surface area (Å²) in [7, 11) is -3.77. The lowest BCUT2D eigenvalue weighted by Gasteiger charge is -2.09. The summed E-state index contributed by atoms with van der Waals surface area (Å²) in [5.41, 5.74) is 0.404. The second-order valence-corrected chi connectivity index (χ2v) is 8.14. The molecular weight excluding hydrogens is 384 g/mol. The largest absolute Gasteiger partial charge is 0.457 e. The van der Waals surface area contributed by atoms with Crippen LogP contribution in [0.25, 0.3) is 0 Å². The van der Waals surface area contributed by atoms with Gasteiger partial charge < -0.3 is 10.1 Å². The van der Waals surface area contributed by atoms with Crippen molar-refractivity contribution in [3.05, 3.63) is 70.9 Å². The average molecular weight is 402 g/mol. The third kappa shape index (κ3) is 4.87. The van der Waals surface area contributed by atoms with Crippen molar-refractivity contribution in [1.29, 1.82) is 0 Å². The van der Waals surface area contributed by atoms with Gasteiger partial charge in [0, 0.05) is 17.6 Å². The quantitative estimate of drug-likeness (QED) is 0.623. The van der Waals surface area contributed by atoms with Crippen molar-refractivity contribution >= 4 is 33.0 Å². The van der Waals surface area contributed by atoms with E-state index in [0.29, 0.717) is 28.6 Å². The highest BCUT2D eigenvalue weighted by Gasteiger charge is 2.18. The third-order valence-electron chi connectivity index (χ3n) is 3.53. The van der Waals surface area contributed by atoms with Gasteiger partial charge in [0.15, 0.2) is 0 Å². The molecule has 0 saturated heterocycles. The van der Waals surface area contributed by atoms with E-state index in [4.69, 9.17) is 4.74 Å². The number of amides is 1. The maximum atomic E-state index is 12.5.